The molecule has 1 aromatic heterocycles. The number of benzene rings is 3. The van der Waals surface area contributed by atoms with Crippen molar-refractivity contribution in [1.29, 1.82) is 0 Å². The summed E-state index contributed by atoms with van der Waals surface area (Å²) in [6.45, 7) is 3.84. The van der Waals surface area contributed by atoms with Gasteiger partial charge < -0.3 is 13.9 Å². The van der Waals surface area contributed by atoms with Crippen LogP contribution >= 0.6 is 0 Å². The predicted molar refractivity (Wildman–Crippen MR) is 106 cm³/mol. The smallest absolute Gasteiger partial charge is 0.254 e. The Bertz CT molecular complexity index is 1110. The van der Waals surface area contributed by atoms with Crippen LogP contribution in [0.4, 0.5) is 4.39 Å². The van der Waals surface area contributed by atoms with Crippen LogP contribution < -0.4 is 9.47 Å². The van der Waals surface area contributed by atoms with Crippen molar-refractivity contribution in [3.8, 4) is 28.7 Å². The van der Waals surface area contributed by atoms with Crippen molar-refractivity contribution in [1.82, 2.24) is 10.2 Å². The van der Waals surface area contributed by atoms with Gasteiger partial charge in [-0.15, -0.1) is 10.2 Å². The summed E-state index contributed by atoms with van der Waals surface area (Å²) in [5.74, 6) is 2.37. The van der Waals surface area contributed by atoms with Gasteiger partial charge in [0.15, 0.2) is 6.61 Å². The first-order chi connectivity index (χ1) is 14.1. The fourth-order valence-corrected chi connectivity index (χ4v) is 2.65. The van der Waals surface area contributed by atoms with Crippen LogP contribution in [0.5, 0.6) is 17.2 Å². The lowest BCUT2D eigenvalue weighted by Gasteiger charge is -2.07. The van der Waals surface area contributed by atoms with E-state index in [1.807, 2.05) is 43.3 Å². The van der Waals surface area contributed by atoms with E-state index in [-0.39, 0.29) is 18.3 Å². The molecule has 4 rings (SSSR count). The molecule has 0 aliphatic carbocycles. The van der Waals surface area contributed by atoms with Crippen LogP contribution in [0.15, 0.2) is 71.1 Å². The Morgan fingerprint density at radius 3 is 2.17 bits per heavy atom. The summed E-state index contributed by atoms with van der Waals surface area (Å²) in [6, 6.07) is 19.9. The third-order valence-electron chi connectivity index (χ3n) is 4.33. The number of nitrogens with zero attached hydrogens (tertiary/aromatic N) is 2. The molecule has 5 nitrogen and oxygen atoms in total. The fourth-order valence-electron chi connectivity index (χ4n) is 2.65. The molecule has 0 fully saturated rings. The molecule has 146 valence electrons. The van der Waals surface area contributed by atoms with Crippen LogP contribution in [-0.4, -0.2) is 10.2 Å². The normalized spacial score (nSPS) is 10.7. The second-order valence-electron chi connectivity index (χ2n) is 6.64. The van der Waals surface area contributed by atoms with Crippen LogP contribution in [-0.2, 0) is 6.61 Å². The van der Waals surface area contributed by atoms with Gasteiger partial charge in [-0.1, -0.05) is 23.8 Å². The summed E-state index contributed by atoms with van der Waals surface area (Å²) < 4.78 is 30.7. The average molecular weight is 390 g/mol. The molecule has 6 heteroatoms. The van der Waals surface area contributed by atoms with Gasteiger partial charge in [0, 0.05) is 5.56 Å². The predicted octanol–water partition coefficient (Wildman–Crippen LogP) is 5.86. The van der Waals surface area contributed by atoms with Gasteiger partial charge in [0.1, 0.15) is 23.1 Å². The lowest BCUT2D eigenvalue weighted by atomic mass is 10.1. The monoisotopic (exact) mass is 390 g/mol. The van der Waals surface area contributed by atoms with Crippen LogP contribution in [0, 0.1) is 19.7 Å². The van der Waals surface area contributed by atoms with Crippen molar-refractivity contribution in [2.24, 2.45) is 0 Å². The standard InChI is InChI=1S/C23H19FN2O3/c1-15-3-7-19(8-4-15)28-20-11-9-18(10-12-20)27-14-22-25-26-23(29-22)17-6-5-16(2)21(24)13-17/h3-13H,14H2,1-2H3. The Morgan fingerprint density at radius 2 is 1.48 bits per heavy atom. The Labute approximate surface area is 167 Å². The maximum absolute atomic E-state index is 13.7. The molecule has 0 aliphatic rings. The van der Waals surface area contributed by atoms with Gasteiger partial charge in [-0.25, -0.2) is 4.39 Å². The van der Waals surface area contributed by atoms with Crippen molar-refractivity contribution < 1.29 is 18.3 Å². The molecule has 0 radical (unpaired) electrons. The Hall–Kier alpha value is -3.67. The Morgan fingerprint density at radius 1 is 0.828 bits per heavy atom. The summed E-state index contributed by atoms with van der Waals surface area (Å²) in [5.41, 5.74) is 2.27. The number of hydrogen-bond acceptors (Lipinski definition) is 5. The molecule has 1 heterocycles. The van der Waals surface area contributed by atoms with Gasteiger partial charge in [-0.05, 0) is 67.9 Å². The number of aryl methyl sites for hydroxylation is 2. The highest BCUT2D eigenvalue weighted by atomic mass is 19.1. The van der Waals surface area contributed by atoms with E-state index in [0.29, 0.717) is 28.5 Å². The van der Waals surface area contributed by atoms with Crippen molar-refractivity contribution in [3.05, 3.63) is 89.6 Å². The van der Waals surface area contributed by atoms with Crippen LogP contribution in [0.2, 0.25) is 0 Å². The van der Waals surface area contributed by atoms with Crippen molar-refractivity contribution in [3.63, 3.8) is 0 Å². The molecular formula is C23H19FN2O3. The van der Waals surface area contributed by atoms with E-state index in [0.717, 1.165) is 5.75 Å². The lowest BCUT2D eigenvalue weighted by Crippen LogP contribution is -1.95. The van der Waals surface area contributed by atoms with Gasteiger partial charge in [0.2, 0.25) is 5.89 Å². The molecule has 0 aliphatic heterocycles. The molecule has 0 amide bonds. The van der Waals surface area contributed by atoms with Crippen LogP contribution in [0.1, 0.15) is 17.0 Å². The maximum Gasteiger partial charge on any atom is 0.254 e. The largest absolute Gasteiger partial charge is 0.484 e. The van der Waals surface area contributed by atoms with E-state index < -0.39 is 0 Å². The third kappa shape index (κ3) is 4.60. The van der Waals surface area contributed by atoms with E-state index in [1.54, 1.807) is 31.2 Å². The molecule has 0 unspecified atom stereocenters. The van der Waals surface area contributed by atoms with Gasteiger partial charge >= 0.3 is 0 Å². The molecule has 0 N–H and O–H groups in total. The molecule has 29 heavy (non-hydrogen) atoms. The summed E-state index contributed by atoms with van der Waals surface area (Å²) in [4.78, 5) is 0. The highest BCUT2D eigenvalue weighted by Gasteiger charge is 2.11. The van der Waals surface area contributed by atoms with E-state index >= 15 is 0 Å². The van der Waals surface area contributed by atoms with E-state index in [9.17, 15) is 4.39 Å². The first kappa shape index (κ1) is 18.7. The molecule has 0 atom stereocenters. The molecule has 4 aromatic rings. The van der Waals surface area contributed by atoms with E-state index in [4.69, 9.17) is 13.9 Å². The number of halogens is 1. The number of ether oxygens (including phenoxy) is 2. The summed E-state index contributed by atoms with van der Waals surface area (Å²) in [5, 5.41) is 7.90. The quantitative estimate of drug-likeness (QED) is 0.412. The zero-order valence-corrected chi connectivity index (χ0v) is 16.1. The average Bonchev–Trinajstić information content (AvgIpc) is 3.20. The lowest BCUT2D eigenvalue weighted by molar-refractivity contribution is 0.264. The van der Waals surface area contributed by atoms with Crippen molar-refractivity contribution in [2.75, 3.05) is 0 Å². The summed E-state index contributed by atoms with van der Waals surface area (Å²) in [7, 11) is 0. The first-order valence-corrected chi connectivity index (χ1v) is 9.13. The summed E-state index contributed by atoms with van der Waals surface area (Å²) >= 11 is 0. The van der Waals surface area contributed by atoms with Crippen LogP contribution in [0.25, 0.3) is 11.5 Å². The highest BCUT2D eigenvalue weighted by molar-refractivity contribution is 5.53. The minimum Gasteiger partial charge on any atom is -0.484 e. The van der Waals surface area contributed by atoms with E-state index in [2.05, 4.69) is 10.2 Å². The number of hydrogen-bond donors (Lipinski definition) is 0. The Kier molecular flexibility index (Phi) is 5.24. The van der Waals surface area contributed by atoms with Gasteiger partial charge in [-0.2, -0.15) is 0 Å². The van der Waals surface area contributed by atoms with Crippen molar-refractivity contribution in [2.45, 2.75) is 20.5 Å². The maximum atomic E-state index is 13.7. The highest BCUT2D eigenvalue weighted by Crippen LogP contribution is 2.25. The number of aromatic nitrogens is 2. The molecule has 0 bridgehead atoms. The van der Waals surface area contributed by atoms with Crippen molar-refractivity contribution >= 4 is 0 Å². The summed E-state index contributed by atoms with van der Waals surface area (Å²) in [6.07, 6.45) is 0. The third-order valence-corrected chi connectivity index (χ3v) is 4.33. The minimum absolute atomic E-state index is 0.111. The second kappa shape index (κ2) is 8.14. The van der Waals surface area contributed by atoms with Gasteiger partial charge in [0.05, 0.1) is 0 Å². The molecular weight excluding hydrogens is 371 g/mol. The topological polar surface area (TPSA) is 57.4 Å². The zero-order valence-electron chi connectivity index (χ0n) is 16.1. The minimum atomic E-state index is -0.313. The SMILES string of the molecule is Cc1ccc(Oc2ccc(OCc3nnc(-c4ccc(C)c(F)c4)o3)cc2)cc1. The molecule has 3 aromatic carbocycles. The second-order valence-corrected chi connectivity index (χ2v) is 6.64. The molecule has 0 saturated heterocycles. The van der Waals surface area contributed by atoms with Crippen LogP contribution in [0.3, 0.4) is 0 Å². The molecule has 0 saturated carbocycles. The van der Waals surface area contributed by atoms with Gasteiger partial charge in [-0.3, -0.25) is 0 Å². The first-order valence-electron chi connectivity index (χ1n) is 9.13. The number of rotatable bonds is 6. The Balaban J connectivity index is 1.36. The zero-order chi connectivity index (χ0) is 20.2. The van der Waals surface area contributed by atoms with E-state index in [1.165, 1.54) is 11.6 Å². The fraction of sp³-hybridized carbons (Fsp3) is 0.130. The molecule has 0 spiro atoms. The van der Waals surface area contributed by atoms with Gasteiger partial charge in [0.25, 0.3) is 5.89 Å².